The first-order valence-corrected chi connectivity index (χ1v) is 10.7. The molecule has 2 rings (SSSR count). The van der Waals surface area contributed by atoms with Crippen LogP contribution in [0.4, 0.5) is 10.1 Å². The van der Waals surface area contributed by atoms with E-state index in [-0.39, 0.29) is 23.4 Å². The molecule has 0 spiro atoms. The van der Waals surface area contributed by atoms with Gasteiger partial charge in [-0.05, 0) is 43.7 Å². The van der Waals surface area contributed by atoms with Crippen molar-refractivity contribution < 1.29 is 22.3 Å². The van der Waals surface area contributed by atoms with Gasteiger partial charge in [0.1, 0.15) is 24.7 Å². The lowest BCUT2D eigenvalue weighted by Crippen LogP contribution is -2.44. The molecule has 2 aromatic rings. The Labute approximate surface area is 169 Å². The van der Waals surface area contributed by atoms with Gasteiger partial charge in [0.25, 0.3) is 0 Å². The Morgan fingerprint density at radius 3 is 2.57 bits per heavy atom. The highest BCUT2D eigenvalue weighted by atomic mass is 35.5. The molecular formula is C19H22ClFN2O4S. The molecule has 1 atom stereocenters. The molecule has 1 amide bonds. The van der Waals surface area contributed by atoms with Crippen LogP contribution in [-0.2, 0) is 14.8 Å². The van der Waals surface area contributed by atoms with E-state index >= 15 is 0 Å². The quantitative estimate of drug-likeness (QED) is 0.700. The molecule has 2 aromatic carbocycles. The van der Waals surface area contributed by atoms with E-state index in [1.165, 1.54) is 6.07 Å². The Morgan fingerprint density at radius 2 is 1.96 bits per heavy atom. The Morgan fingerprint density at radius 1 is 1.29 bits per heavy atom. The number of amides is 1. The maximum Gasteiger partial charge on any atom is 0.241 e. The predicted octanol–water partition coefficient (Wildman–Crippen LogP) is 3.14. The summed E-state index contributed by atoms with van der Waals surface area (Å²) in [5.41, 5.74) is 1.07. The molecular weight excluding hydrogens is 407 g/mol. The summed E-state index contributed by atoms with van der Waals surface area (Å²) in [4.78, 5) is 12.3. The van der Waals surface area contributed by atoms with Crippen molar-refractivity contribution in [2.75, 3.05) is 23.7 Å². The number of benzene rings is 2. The molecule has 0 aliphatic carbocycles. The Balaban J connectivity index is 2.01. The second-order valence-electron chi connectivity index (χ2n) is 6.41. The molecule has 0 saturated carbocycles. The van der Waals surface area contributed by atoms with E-state index in [2.05, 4.69) is 5.32 Å². The lowest BCUT2D eigenvalue weighted by atomic mass is 10.2. The number of hydrogen-bond acceptors (Lipinski definition) is 4. The van der Waals surface area contributed by atoms with Gasteiger partial charge in [-0.3, -0.25) is 9.10 Å². The highest BCUT2D eigenvalue weighted by molar-refractivity contribution is 7.92. The monoisotopic (exact) mass is 428 g/mol. The summed E-state index contributed by atoms with van der Waals surface area (Å²) < 4.78 is 44.1. The number of hydrogen-bond donors (Lipinski definition) is 1. The minimum atomic E-state index is -3.78. The summed E-state index contributed by atoms with van der Waals surface area (Å²) in [6.07, 6.45) is 0.961. The summed E-state index contributed by atoms with van der Waals surface area (Å²) in [5.74, 6) is -0.487. The van der Waals surface area contributed by atoms with Gasteiger partial charge in [-0.1, -0.05) is 29.8 Å². The van der Waals surface area contributed by atoms with E-state index in [1.807, 2.05) is 31.2 Å². The zero-order valence-electron chi connectivity index (χ0n) is 15.8. The van der Waals surface area contributed by atoms with Gasteiger partial charge in [0.15, 0.2) is 0 Å². The van der Waals surface area contributed by atoms with Crippen LogP contribution in [0.3, 0.4) is 0 Å². The van der Waals surface area contributed by atoms with Gasteiger partial charge in [-0.2, -0.15) is 0 Å². The number of sulfonamides is 1. The SMILES string of the molecule is Cc1ccccc1OCC(C)NC(=O)CN(c1ccc(F)c(Cl)c1)S(C)(=O)=O. The summed E-state index contributed by atoms with van der Waals surface area (Å²) in [5, 5.41) is 2.46. The molecule has 0 bridgehead atoms. The zero-order chi connectivity index (χ0) is 20.9. The van der Waals surface area contributed by atoms with Crippen molar-refractivity contribution in [1.29, 1.82) is 0 Å². The van der Waals surface area contributed by atoms with Crippen LogP contribution in [0.15, 0.2) is 42.5 Å². The second-order valence-corrected chi connectivity index (χ2v) is 8.73. The van der Waals surface area contributed by atoms with Crippen molar-refractivity contribution in [2.45, 2.75) is 19.9 Å². The summed E-state index contributed by atoms with van der Waals surface area (Å²) >= 11 is 5.73. The minimum absolute atomic E-state index is 0.105. The number of rotatable bonds is 8. The number of carbonyl (C=O) groups is 1. The molecule has 0 radical (unpaired) electrons. The molecule has 1 unspecified atom stereocenters. The number of nitrogens with zero attached hydrogens (tertiary/aromatic N) is 1. The van der Waals surface area contributed by atoms with E-state index in [0.29, 0.717) is 5.75 Å². The first-order valence-electron chi connectivity index (χ1n) is 8.48. The molecule has 0 aliphatic heterocycles. The number of carbonyl (C=O) groups excluding carboxylic acids is 1. The van der Waals surface area contributed by atoms with Gasteiger partial charge in [0.2, 0.25) is 15.9 Å². The van der Waals surface area contributed by atoms with Crippen LogP contribution in [0.1, 0.15) is 12.5 Å². The third kappa shape index (κ3) is 6.10. The lowest BCUT2D eigenvalue weighted by Gasteiger charge is -2.23. The number of aryl methyl sites for hydroxylation is 1. The minimum Gasteiger partial charge on any atom is -0.491 e. The van der Waals surface area contributed by atoms with E-state index in [4.69, 9.17) is 16.3 Å². The molecule has 0 aliphatic rings. The number of ether oxygens (including phenoxy) is 1. The number of halogens is 2. The van der Waals surface area contributed by atoms with Crippen molar-refractivity contribution in [1.82, 2.24) is 5.32 Å². The van der Waals surface area contributed by atoms with Gasteiger partial charge in [0.05, 0.1) is 23.0 Å². The van der Waals surface area contributed by atoms with E-state index < -0.39 is 28.3 Å². The average molecular weight is 429 g/mol. The number of nitrogens with one attached hydrogen (secondary N) is 1. The van der Waals surface area contributed by atoms with Crippen LogP contribution < -0.4 is 14.4 Å². The molecule has 1 N–H and O–H groups in total. The molecule has 0 saturated heterocycles. The normalized spacial score (nSPS) is 12.3. The van der Waals surface area contributed by atoms with Gasteiger partial charge in [-0.25, -0.2) is 12.8 Å². The standard InChI is InChI=1S/C19H22ClFN2O4S/c1-13-6-4-5-7-18(13)27-12-14(2)22-19(24)11-23(28(3,25)26)15-8-9-17(21)16(20)10-15/h4-10,14H,11-12H2,1-3H3,(H,22,24). The van der Waals surface area contributed by atoms with Crippen molar-refractivity contribution in [3.63, 3.8) is 0 Å². The molecule has 28 heavy (non-hydrogen) atoms. The first-order chi connectivity index (χ1) is 13.1. The Bertz CT molecular complexity index is 953. The third-order valence-electron chi connectivity index (χ3n) is 3.87. The lowest BCUT2D eigenvalue weighted by molar-refractivity contribution is -0.120. The van der Waals surface area contributed by atoms with Crippen molar-refractivity contribution in [2.24, 2.45) is 0 Å². The molecule has 9 heteroatoms. The van der Waals surface area contributed by atoms with Gasteiger partial charge >= 0.3 is 0 Å². The maximum atomic E-state index is 13.4. The average Bonchev–Trinajstić information content (AvgIpc) is 2.60. The highest BCUT2D eigenvalue weighted by Gasteiger charge is 2.22. The Kier molecular flexibility index (Phi) is 7.26. The number of para-hydroxylation sites is 1. The molecule has 0 aromatic heterocycles. The Hall–Kier alpha value is -2.32. The summed E-state index contributed by atoms with van der Waals surface area (Å²) in [7, 11) is -3.78. The highest BCUT2D eigenvalue weighted by Crippen LogP contribution is 2.24. The van der Waals surface area contributed by atoms with Crippen LogP contribution >= 0.6 is 11.6 Å². The maximum absolute atomic E-state index is 13.4. The van der Waals surface area contributed by atoms with Crippen LogP contribution in [-0.4, -0.2) is 39.8 Å². The summed E-state index contributed by atoms with van der Waals surface area (Å²) in [6, 6.07) is 10.6. The topological polar surface area (TPSA) is 75.7 Å². The predicted molar refractivity (Wildman–Crippen MR) is 108 cm³/mol. The smallest absolute Gasteiger partial charge is 0.241 e. The van der Waals surface area contributed by atoms with Gasteiger partial charge < -0.3 is 10.1 Å². The fourth-order valence-electron chi connectivity index (χ4n) is 2.47. The van der Waals surface area contributed by atoms with Gasteiger partial charge in [-0.15, -0.1) is 0 Å². The molecule has 0 fully saturated rings. The third-order valence-corrected chi connectivity index (χ3v) is 5.30. The van der Waals surface area contributed by atoms with Gasteiger partial charge in [0, 0.05) is 0 Å². The summed E-state index contributed by atoms with van der Waals surface area (Å²) in [6.45, 7) is 3.42. The fourth-order valence-corrected chi connectivity index (χ4v) is 3.49. The van der Waals surface area contributed by atoms with Crippen LogP contribution in [0.25, 0.3) is 0 Å². The first kappa shape index (κ1) is 22.0. The largest absolute Gasteiger partial charge is 0.491 e. The fraction of sp³-hybridized carbons (Fsp3) is 0.316. The van der Waals surface area contributed by atoms with Crippen LogP contribution in [0, 0.1) is 12.7 Å². The molecule has 0 heterocycles. The van der Waals surface area contributed by atoms with E-state index in [0.717, 1.165) is 28.3 Å². The van der Waals surface area contributed by atoms with E-state index in [1.54, 1.807) is 6.92 Å². The van der Waals surface area contributed by atoms with Crippen molar-refractivity contribution in [3.05, 3.63) is 58.9 Å². The van der Waals surface area contributed by atoms with Crippen molar-refractivity contribution >= 4 is 33.2 Å². The molecule has 6 nitrogen and oxygen atoms in total. The van der Waals surface area contributed by atoms with Crippen LogP contribution in [0.2, 0.25) is 5.02 Å². The zero-order valence-corrected chi connectivity index (χ0v) is 17.3. The second kappa shape index (κ2) is 9.25. The van der Waals surface area contributed by atoms with Crippen molar-refractivity contribution in [3.8, 4) is 5.75 Å². The number of anilines is 1. The molecule has 152 valence electrons. The van der Waals surface area contributed by atoms with E-state index in [9.17, 15) is 17.6 Å². The van der Waals surface area contributed by atoms with Crippen LogP contribution in [0.5, 0.6) is 5.75 Å².